The van der Waals surface area contributed by atoms with Crippen molar-refractivity contribution in [2.45, 2.75) is 6.92 Å². The molecule has 10 nitrogen and oxygen atoms in total. The molecule has 0 bridgehead atoms. The SMILES string of the molecule is CCOC(=O)CN(c1ccccc1)c1nc(Cl)nc(C(=O)O)c1[N+](=O)[O-]. The van der Waals surface area contributed by atoms with E-state index in [4.69, 9.17) is 16.3 Å². The Bertz CT molecular complexity index is 846. The molecule has 11 heteroatoms. The molecule has 26 heavy (non-hydrogen) atoms. The molecule has 0 saturated carbocycles. The van der Waals surface area contributed by atoms with Gasteiger partial charge in [0, 0.05) is 5.69 Å². The van der Waals surface area contributed by atoms with Gasteiger partial charge in [-0.05, 0) is 30.7 Å². The van der Waals surface area contributed by atoms with E-state index in [1.54, 1.807) is 37.3 Å². The summed E-state index contributed by atoms with van der Waals surface area (Å²) in [4.78, 5) is 42.2. The van der Waals surface area contributed by atoms with Gasteiger partial charge in [-0.1, -0.05) is 18.2 Å². The average molecular weight is 381 g/mol. The van der Waals surface area contributed by atoms with Gasteiger partial charge in [0.05, 0.1) is 11.5 Å². The lowest BCUT2D eigenvalue weighted by Crippen LogP contribution is -2.29. The van der Waals surface area contributed by atoms with Crippen LogP contribution in [0.3, 0.4) is 0 Å². The number of rotatable bonds is 7. The van der Waals surface area contributed by atoms with Crippen LogP contribution < -0.4 is 4.90 Å². The summed E-state index contributed by atoms with van der Waals surface area (Å²) in [6, 6.07) is 8.12. The summed E-state index contributed by atoms with van der Waals surface area (Å²) < 4.78 is 4.88. The number of carboxylic acid groups (broad SMARTS) is 1. The molecule has 2 rings (SSSR count). The van der Waals surface area contributed by atoms with Crippen LogP contribution in [0.2, 0.25) is 5.28 Å². The number of carbonyl (C=O) groups is 2. The van der Waals surface area contributed by atoms with Crippen molar-refractivity contribution in [1.29, 1.82) is 0 Å². The number of hydrogen-bond acceptors (Lipinski definition) is 8. The highest BCUT2D eigenvalue weighted by Crippen LogP contribution is 2.34. The van der Waals surface area contributed by atoms with Crippen molar-refractivity contribution < 1.29 is 24.4 Å². The Morgan fingerprint density at radius 2 is 1.96 bits per heavy atom. The van der Waals surface area contributed by atoms with Crippen LogP contribution in [0.25, 0.3) is 0 Å². The van der Waals surface area contributed by atoms with Crippen molar-refractivity contribution in [2.24, 2.45) is 0 Å². The van der Waals surface area contributed by atoms with Crippen molar-refractivity contribution in [2.75, 3.05) is 18.1 Å². The molecular formula is C15H13ClN4O6. The Hall–Kier alpha value is -3.27. The number of nitro groups is 1. The number of benzene rings is 1. The molecular weight excluding hydrogens is 368 g/mol. The maximum atomic E-state index is 12.0. The van der Waals surface area contributed by atoms with Gasteiger partial charge in [0.25, 0.3) is 0 Å². The van der Waals surface area contributed by atoms with Crippen LogP contribution >= 0.6 is 11.6 Å². The first-order valence-electron chi connectivity index (χ1n) is 7.28. The molecule has 0 spiro atoms. The molecule has 0 unspecified atom stereocenters. The van der Waals surface area contributed by atoms with Crippen LogP contribution in [0.1, 0.15) is 17.4 Å². The van der Waals surface area contributed by atoms with E-state index < -0.39 is 45.9 Å². The Morgan fingerprint density at radius 1 is 1.31 bits per heavy atom. The van der Waals surface area contributed by atoms with Gasteiger partial charge < -0.3 is 14.7 Å². The number of anilines is 2. The predicted molar refractivity (Wildman–Crippen MR) is 90.7 cm³/mol. The van der Waals surface area contributed by atoms with Crippen molar-refractivity contribution in [1.82, 2.24) is 9.97 Å². The van der Waals surface area contributed by atoms with E-state index in [9.17, 15) is 24.8 Å². The number of nitrogens with zero attached hydrogens (tertiary/aromatic N) is 4. The number of carbonyl (C=O) groups excluding carboxylic acids is 1. The highest BCUT2D eigenvalue weighted by Gasteiger charge is 2.33. The van der Waals surface area contributed by atoms with Crippen LogP contribution in [-0.4, -0.2) is 45.1 Å². The van der Waals surface area contributed by atoms with Gasteiger partial charge in [-0.25, -0.2) is 9.78 Å². The van der Waals surface area contributed by atoms with E-state index in [0.29, 0.717) is 5.69 Å². The lowest BCUT2D eigenvalue weighted by atomic mass is 10.2. The number of aromatic nitrogens is 2. The van der Waals surface area contributed by atoms with Crippen LogP contribution in [0, 0.1) is 10.1 Å². The Labute approximate surface area is 152 Å². The van der Waals surface area contributed by atoms with E-state index in [0.717, 1.165) is 4.90 Å². The normalized spacial score (nSPS) is 10.2. The van der Waals surface area contributed by atoms with Crippen LogP contribution in [0.5, 0.6) is 0 Å². The first-order chi connectivity index (χ1) is 12.3. The number of halogens is 1. The highest BCUT2D eigenvalue weighted by molar-refractivity contribution is 6.28. The molecule has 136 valence electrons. The topological polar surface area (TPSA) is 136 Å². The molecule has 0 amide bonds. The molecule has 0 aliphatic carbocycles. The van der Waals surface area contributed by atoms with Crippen LogP contribution in [-0.2, 0) is 9.53 Å². The molecule has 1 heterocycles. The van der Waals surface area contributed by atoms with E-state index in [2.05, 4.69) is 9.97 Å². The van der Waals surface area contributed by atoms with Gasteiger partial charge in [-0.3, -0.25) is 14.9 Å². The lowest BCUT2D eigenvalue weighted by molar-refractivity contribution is -0.384. The first kappa shape index (κ1) is 19.1. The standard InChI is InChI=1S/C15H13ClN4O6/c1-2-26-10(21)8-19(9-6-4-3-5-7-9)13-12(20(24)25)11(14(22)23)17-15(16)18-13/h3-7H,2,8H2,1H3,(H,22,23). The molecule has 0 aliphatic rings. The summed E-state index contributed by atoms with van der Waals surface area (Å²) >= 11 is 5.75. The van der Waals surface area contributed by atoms with Gasteiger partial charge in [-0.15, -0.1) is 0 Å². The summed E-state index contributed by atoms with van der Waals surface area (Å²) in [6.07, 6.45) is 0. The molecule has 1 N–H and O–H groups in total. The van der Waals surface area contributed by atoms with Crippen LogP contribution in [0.4, 0.5) is 17.2 Å². The van der Waals surface area contributed by atoms with Crippen molar-refractivity contribution in [3.8, 4) is 0 Å². The Balaban J connectivity index is 2.69. The minimum Gasteiger partial charge on any atom is -0.476 e. The van der Waals surface area contributed by atoms with Crippen molar-refractivity contribution in [3.63, 3.8) is 0 Å². The van der Waals surface area contributed by atoms with Gasteiger partial charge in [-0.2, -0.15) is 4.98 Å². The average Bonchev–Trinajstić information content (AvgIpc) is 2.59. The molecule has 1 aromatic heterocycles. The van der Waals surface area contributed by atoms with Crippen molar-refractivity contribution in [3.05, 3.63) is 51.4 Å². The second-order valence-corrected chi connectivity index (χ2v) is 5.14. The molecule has 0 atom stereocenters. The zero-order valence-corrected chi connectivity index (χ0v) is 14.2. The van der Waals surface area contributed by atoms with Crippen LogP contribution in [0.15, 0.2) is 30.3 Å². The van der Waals surface area contributed by atoms with E-state index in [1.807, 2.05) is 0 Å². The molecule has 0 radical (unpaired) electrons. The predicted octanol–water partition coefficient (Wildman–Crippen LogP) is 2.44. The summed E-state index contributed by atoms with van der Waals surface area (Å²) in [7, 11) is 0. The summed E-state index contributed by atoms with van der Waals surface area (Å²) in [6.45, 7) is 1.27. The second-order valence-electron chi connectivity index (χ2n) is 4.80. The maximum Gasteiger partial charge on any atom is 0.362 e. The van der Waals surface area contributed by atoms with Gasteiger partial charge in [0.1, 0.15) is 6.54 Å². The zero-order chi connectivity index (χ0) is 19.3. The summed E-state index contributed by atoms with van der Waals surface area (Å²) in [5, 5.41) is 20.2. The maximum absolute atomic E-state index is 12.0. The minimum absolute atomic E-state index is 0.106. The van der Waals surface area contributed by atoms with Gasteiger partial charge in [0.15, 0.2) is 0 Å². The summed E-state index contributed by atoms with van der Waals surface area (Å²) in [5.74, 6) is -2.75. The zero-order valence-electron chi connectivity index (χ0n) is 13.5. The molecule has 0 fully saturated rings. The fourth-order valence-electron chi connectivity index (χ4n) is 2.15. The monoisotopic (exact) mass is 380 g/mol. The summed E-state index contributed by atoms with van der Waals surface area (Å²) in [5.41, 5.74) is -1.40. The number of aromatic carboxylic acids is 1. The lowest BCUT2D eigenvalue weighted by Gasteiger charge is -2.22. The van der Waals surface area contributed by atoms with E-state index in [-0.39, 0.29) is 6.61 Å². The quantitative estimate of drug-likeness (QED) is 0.332. The number of para-hydroxylation sites is 1. The third-order valence-corrected chi connectivity index (χ3v) is 3.31. The Morgan fingerprint density at radius 3 is 2.50 bits per heavy atom. The smallest absolute Gasteiger partial charge is 0.362 e. The van der Waals surface area contributed by atoms with Gasteiger partial charge in [0.2, 0.25) is 16.8 Å². The first-order valence-corrected chi connectivity index (χ1v) is 7.66. The number of esters is 1. The fraction of sp³-hybridized carbons (Fsp3) is 0.200. The minimum atomic E-state index is -1.65. The van der Waals surface area contributed by atoms with E-state index in [1.165, 1.54) is 0 Å². The second kappa shape index (κ2) is 8.21. The molecule has 2 aromatic rings. The highest BCUT2D eigenvalue weighted by atomic mass is 35.5. The third-order valence-electron chi connectivity index (χ3n) is 3.14. The van der Waals surface area contributed by atoms with Gasteiger partial charge >= 0.3 is 17.6 Å². The van der Waals surface area contributed by atoms with Crippen molar-refractivity contribution >= 4 is 40.7 Å². The number of hydrogen-bond donors (Lipinski definition) is 1. The largest absolute Gasteiger partial charge is 0.476 e. The fourth-order valence-corrected chi connectivity index (χ4v) is 2.32. The molecule has 1 aromatic carbocycles. The number of carboxylic acids is 1. The molecule has 0 aliphatic heterocycles. The Kier molecular flexibility index (Phi) is 6.02. The number of ether oxygens (including phenoxy) is 1. The van der Waals surface area contributed by atoms with E-state index >= 15 is 0 Å². The third kappa shape index (κ3) is 4.22. The molecule has 0 saturated heterocycles.